The lowest BCUT2D eigenvalue weighted by Crippen LogP contribution is -2.27. The molecule has 2 heterocycles. The summed E-state index contributed by atoms with van der Waals surface area (Å²) >= 11 is 12.2. The number of hydrogen-bond donors (Lipinski definition) is 1. The van der Waals surface area contributed by atoms with Crippen molar-refractivity contribution in [3.05, 3.63) is 62.4 Å². The number of aromatic nitrogens is 3. The van der Waals surface area contributed by atoms with Gasteiger partial charge in [-0.2, -0.15) is 0 Å². The van der Waals surface area contributed by atoms with Gasteiger partial charge in [0.2, 0.25) is 0 Å². The molecule has 0 saturated carbocycles. The van der Waals surface area contributed by atoms with Crippen molar-refractivity contribution < 1.29 is 9.23 Å². The minimum Gasteiger partial charge on any atom is -0.401 e. The number of hydrogen-bond acceptors (Lipinski definition) is 3. The van der Waals surface area contributed by atoms with Gasteiger partial charge in [0, 0.05) is 16.8 Å². The molecule has 1 atom stereocenters. The molecule has 0 amide bonds. The first-order valence-corrected chi connectivity index (χ1v) is 7.64. The van der Waals surface area contributed by atoms with E-state index in [-0.39, 0.29) is 10.0 Å². The average molecular weight is 356 g/mol. The molecule has 23 heavy (non-hydrogen) atoms. The normalized spacial score (nSPS) is 12.5. The van der Waals surface area contributed by atoms with E-state index >= 15 is 0 Å². The summed E-state index contributed by atoms with van der Waals surface area (Å²) in [5.74, 6) is -0.596. The summed E-state index contributed by atoms with van der Waals surface area (Å²) in [6.07, 6.45) is 1.30. The van der Waals surface area contributed by atoms with Gasteiger partial charge in [-0.25, -0.2) is 14.2 Å². The fraction of sp³-hybridized carbons (Fsp3) is 0.200. The van der Waals surface area contributed by atoms with Gasteiger partial charge in [0.05, 0.1) is 5.02 Å². The van der Waals surface area contributed by atoms with Crippen LogP contribution in [-0.2, 0) is 0 Å². The maximum absolute atomic E-state index is 13.7. The number of H-pyrrole nitrogens is 1. The van der Waals surface area contributed by atoms with E-state index in [9.17, 15) is 9.18 Å². The van der Waals surface area contributed by atoms with Crippen molar-refractivity contribution in [2.24, 2.45) is 0 Å². The number of nitrogens with one attached hydrogen (secondary N) is 1. The lowest BCUT2D eigenvalue weighted by molar-refractivity contribution is 0.0350. The van der Waals surface area contributed by atoms with Crippen LogP contribution >= 0.6 is 23.2 Å². The quantitative estimate of drug-likeness (QED) is 0.725. The summed E-state index contributed by atoms with van der Waals surface area (Å²) in [7, 11) is 0. The van der Waals surface area contributed by atoms with Gasteiger partial charge in [0.15, 0.2) is 11.8 Å². The van der Waals surface area contributed by atoms with Crippen LogP contribution in [-0.4, -0.2) is 14.7 Å². The minimum atomic E-state index is -0.692. The van der Waals surface area contributed by atoms with E-state index in [2.05, 4.69) is 9.97 Å². The lowest BCUT2D eigenvalue weighted by Gasteiger charge is -2.20. The predicted octanol–water partition coefficient (Wildman–Crippen LogP) is 3.75. The Morgan fingerprint density at radius 2 is 2.17 bits per heavy atom. The molecular formula is C15H12Cl2FN3O2. The number of nitrogens with zero attached hydrogens (tertiary/aromatic N) is 2. The smallest absolute Gasteiger partial charge is 0.360 e. The van der Waals surface area contributed by atoms with E-state index in [1.54, 1.807) is 18.3 Å². The number of rotatable bonds is 4. The van der Waals surface area contributed by atoms with Crippen LogP contribution in [0.4, 0.5) is 4.39 Å². The monoisotopic (exact) mass is 355 g/mol. The maximum atomic E-state index is 13.7. The van der Waals surface area contributed by atoms with Crippen molar-refractivity contribution in [2.75, 3.05) is 0 Å². The topological polar surface area (TPSA) is 59.9 Å². The summed E-state index contributed by atoms with van der Waals surface area (Å²) in [6.45, 7) is 1.82. The fourth-order valence-corrected chi connectivity index (χ4v) is 2.93. The van der Waals surface area contributed by atoms with E-state index in [1.165, 1.54) is 12.1 Å². The number of pyridine rings is 1. The van der Waals surface area contributed by atoms with Crippen molar-refractivity contribution in [3.63, 3.8) is 0 Å². The second-order valence-corrected chi connectivity index (χ2v) is 5.64. The molecule has 0 fully saturated rings. The van der Waals surface area contributed by atoms with E-state index in [4.69, 9.17) is 28.0 Å². The Hall–Kier alpha value is -2.05. The Balaban J connectivity index is 2.08. The third-order valence-corrected chi connectivity index (χ3v) is 4.13. The zero-order valence-electron chi connectivity index (χ0n) is 12.0. The molecule has 2 aromatic heterocycles. The van der Waals surface area contributed by atoms with Gasteiger partial charge >= 0.3 is 5.69 Å². The molecule has 3 aromatic rings. The Morgan fingerprint density at radius 1 is 1.39 bits per heavy atom. The zero-order chi connectivity index (χ0) is 16.6. The van der Waals surface area contributed by atoms with Gasteiger partial charge < -0.3 is 4.84 Å². The lowest BCUT2D eigenvalue weighted by atomic mass is 10.1. The Bertz CT molecular complexity index is 923. The van der Waals surface area contributed by atoms with Gasteiger partial charge in [-0.3, -0.25) is 4.98 Å². The zero-order valence-corrected chi connectivity index (χ0v) is 13.5. The second-order valence-electron chi connectivity index (χ2n) is 4.85. The molecule has 0 radical (unpaired) electrons. The highest BCUT2D eigenvalue weighted by molar-refractivity contribution is 6.36. The van der Waals surface area contributed by atoms with Crippen LogP contribution in [0.2, 0.25) is 10.0 Å². The number of halogens is 3. The number of aromatic amines is 1. The van der Waals surface area contributed by atoms with Crippen molar-refractivity contribution in [2.45, 2.75) is 19.4 Å². The predicted molar refractivity (Wildman–Crippen MR) is 86.4 cm³/mol. The van der Waals surface area contributed by atoms with Crippen LogP contribution < -0.4 is 10.5 Å². The van der Waals surface area contributed by atoms with Crippen LogP contribution in [0.25, 0.3) is 11.2 Å². The molecule has 0 bridgehead atoms. The van der Waals surface area contributed by atoms with Crippen LogP contribution in [0.5, 0.6) is 0 Å². The van der Waals surface area contributed by atoms with Crippen molar-refractivity contribution in [3.8, 4) is 0 Å². The summed E-state index contributed by atoms with van der Waals surface area (Å²) in [5, 5.41) is 0.157. The molecule has 0 aliphatic heterocycles. The second kappa shape index (κ2) is 6.22. The first-order chi connectivity index (χ1) is 11.0. The largest absolute Gasteiger partial charge is 0.401 e. The van der Waals surface area contributed by atoms with Gasteiger partial charge in [0.25, 0.3) is 0 Å². The number of fused-ring (bicyclic) bond motifs is 1. The van der Waals surface area contributed by atoms with Crippen LogP contribution in [0.3, 0.4) is 0 Å². The summed E-state index contributed by atoms with van der Waals surface area (Å²) < 4.78 is 14.8. The first-order valence-electron chi connectivity index (χ1n) is 6.89. The van der Waals surface area contributed by atoms with E-state index in [0.29, 0.717) is 23.1 Å². The number of benzene rings is 1. The molecule has 0 aliphatic rings. The number of imidazole rings is 1. The van der Waals surface area contributed by atoms with E-state index in [1.807, 2.05) is 6.92 Å². The van der Waals surface area contributed by atoms with Crippen molar-refractivity contribution >= 4 is 34.4 Å². The molecule has 3 rings (SSSR count). The Labute approximate surface area is 140 Å². The maximum Gasteiger partial charge on any atom is 0.360 e. The van der Waals surface area contributed by atoms with Crippen LogP contribution in [0.1, 0.15) is 25.0 Å². The fourth-order valence-electron chi connectivity index (χ4n) is 2.32. The standard InChI is InChI=1S/C15H12Cl2FN3O2/c1-2-11(12-8(16)5-6-9(18)13(12)17)23-21-10-4-3-7-19-14(10)20-15(21)22/h3-7,11H,2H2,1H3,(H,19,20,22). The third-order valence-electron chi connectivity index (χ3n) is 3.42. The van der Waals surface area contributed by atoms with Crippen molar-refractivity contribution in [1.82, 2.24) is 14.7 Å². The molecule has 0 spiro atoms. The highest BCUT2D eigenvalue weighted by Crippen LogP contribution is 2.34. The molecule has 1 unspecified atom stereocenters. The van der Waals surface area contributed by atoms with Gasteiger partial charge in [-0.05, 0) is 30.7 Å². The first kappa shape index (κ1) is 15.8. The summed E-state index contributed by atoms with van der Waals surface area (Å²) in [5.41, 5.74) is 0.685. The summed E-state index contributed by atoms with van der Waals surface area (Å²) in [4.78, 5) is 24.4. The van der Waals surface area contributed by atoms with Crippen LogP contribution in [0.15, 0.2) is 35.3 Å². The highest BCUT2D eigenvalue weighted by atomic mass is 35.5. The minimum absolute atomic E-state index is 0.115. The highest BCUT2D eigenvalue weighted by Gasteiger charge is 2.23. The van der Waals surface area contributed by atoms with Gasteiger partial charge in [-0.1, -0.05) is 30.1 Å². The van der Waals surface area contributed by atoms with Gasteiger partial charge in [0.1, 0.15) is 11.3 Å². The molecule has 5 nitrogen and oxygen atoms in total. The van der Waals surface area contributed by atoms with Crippen molar-refractivity contribution in [1.29, 1.82) is 0 Å². The summed E-state index contributed by atoms with van der Waals surface area (Å²) in [6, 6.07) is 5.95. The molecular weight excluding hydrogens is 344 g/mol. The molecule has 120 valence electrons. The average Bonchev–Trinajstić information content (AvgIpc) is 2.86. The molecule has 0 saturated heterocycles. The van der Waals surface area contributed by atoms with Crippen LogP contribution in [0, 0.1) is 5.82 Å². The SMILES string of the molecule is CCC(On1c(=O)[nH]c2ncccc21)c1c(Cl)ccc(F)c1Cl. The van der Waals surface area contributed by atoms with Gasteiger partial charge in [-0.15, -0.1) is 4.73 Å². The Morgan fingerprint density at radius 3 is 2.91 bits per heavy atom. The third kappa shape index (κ3) is 2.80. The molecule has 8 heteroatoms. The molecule has 1 aromatic carbocycles. The van der Waals surface area contributed by atoms with E-state index in [0.717, 1.165) is 4.73 Å². The van der Waals surface area contributed by atoms with E-state index < -0.39 is 17.6 Å². The molecule has 1 N–H and O–H groups in total. The molecule has 0 aliphatic carbocycles. The Kier molecular flexibility index (Phi) is 4.28.